The first-order valence-electron chi connectivity index (χ1n) is 8.43. The van der Waals surface area contributed by atoms with Crippen LogP contribution in [0.1, 0.15) is 16.2 Å². The fourth-order valence-corrected chi connectivity index (χ4v) is 3.18. The summed E-state index contributed by atoms with van der Waals surface area (Å²) in [5, 5.41) is 0.627. The lowest BCUT2D eigenvalue weighted by Crippen LogP contribution is -2.48. The van der Waals surface area contributed by atoms with Crippen molar-refractivity contribution < 1.29 is 14.3 Å². The van der Waals surface area contributed by atoms with E-state index in [-0.39, 0.29) is 5.91 Å². The van der Waals surface area contributed by atoms with E-state index in [1.807, 2.05) is 16.5 Å². The van der Waals surface area contributed by atoms with Crippen LogP contribution in [0, 0.1) is 0 Å². The highest BCUT2D eigenvalue weighted by Crippen LogP contribution is 2.28. The van der Waals surface area contributed by atoms with Crippen LogP contribution in [-0.2, 0) is 13.6 Å². The molecule has 0 saturated carbocycles. The largest absolute Gasteiger partial charge is 0.493 e. The van der Waals surface area contributed by atoms with Gasteiger partial charge in [0.15, 0.2) is 11.5 Å². The Balaban J connectivity index is 1.61. The van der Waals surface area contributed by atoms with Gasteiger partial charge in [0.1, 0.15) is 11.0 Å². The summed E-state index contributed by atoms with van der Waals surface area (Å²) in [5.41, 5.74) is 0.604. The van der Waals surface area contributed by atoms with E-state index in [9.17, 15) is 4.79 Å². The molecule has 0 N–H and O–H groups in total. The van der Waals surface area contributed by atoms with E-state index < -0.39 is 0 Å². The first-order chi connectivity index (χ1) is 12.5. The van der Waals surface area contributed by atoms with Crippen molar-refractivity contribution in [3.63, 3.8) is 0 Å². The maximum absolute atomic E-state index is 12.8. The molecule has 0 spiro atoms. The normalized spacial score (nSPS) is 15.2. The Hall–Kier alpha value is -2.25. The SMILES string of the molecule is COc1ccc(C(=O)N2CCN(Cc3ncc(Cl)n3C)CC2)cc1OC. The first-order valence-corrected chi connectivity index (χ1v) is 8.81. The molecule has 140 valence electrons. The van der Waals surface area contributed by atoms with Gasteiger partial charge in [0.05, 0.1) is 27.0 Å². The molecule has 0 aliphatic carbocycles. The molecule has 2 aromatic rings. The third-order valence-electron chi connectivity index (χ3n) is 4.68. The Morgan fingerprint density at radius 2 is 1.85 bits per heavy atom. The highest BCUT2D eigenvalue weighted by atomic mass is 35.5. The van der Waals surface area contributed by atoms with Crippen LogP contribution in [-0.4, -0.2) is 65.7 Å². The van der Waals surface area contributed by atoms with E-state index in [0.29, 0.717) is 35.3 Å². The summed E-state index contributed by atoms with van der Waals surface area (Å²) >= 11 is 6.04. The number of carbonyl (C=O) groups is 1. The molecule has 0 radical (unpaired) electrons. The third kappa shape index (κ3) is 3.78. The molecule has 0 atom stereocenters. The van der Waals surface area contributed by atoms with E-state index in [2.05, 4.69) is 9.88 Å². The Labute approximate surface area is 158 Å². The second-order valence-corrected chi connectivity index (χ2v) is 6.58. The van der Waals surface area contributed by atoms with Gasteiger partial charge in [-0.05, 0) is 18.2 Å². The van der Waals surface area contributed by atoms with Gasteiger partial charge in [0, 0.05) is 38.8 Å². The molecule has 1 fully saturated rings. The average Bonchev–Trinajstić information content (AvgIpc) is 2.99. The molecule has 2 heterocycles. The van der Waals surface area contributed by atoms with Crippen LogP contribution in [0.4, 0.5) is 0 Å². The van der Waals surface area contributed by atoms with Gasteiger partial charge in [-0.3, -0.25) is 9.69 Å². The number of rotatable bonds is 5. The Kier molecular flexibility index (Phi) is 5.68. The van der Waals surface area contributed by atoms with Crippen molar-refractivity contribution in [1.29, 1.82) is 0 Å². The summed E-state index contributed by atoms with van der Waals surface area (Å²) in [4.78, 5) is 21.2. The molecule has 1 aromatic heterocycles. The number of imidazole rings is 1. The van der Waals surface area contributed by atoms with Crippen LogP contribution in [0.15, 0.2) is 24.4 Å². The van der Waals surface area contributed by atoms with Crippen LogP contribution in [0.25, 0.3) is 0 Å². The monoisotopic (exact) mass is 378 g/mol. The molecule has 1 aromatic carbocycles. The minimum atomic E-state index is 0.00522. The molecule has 0 unspecified atom stereocenters. The van der Waals surface area contributed by atoms with E-state index in [4.69, 9.17) is 21.1 Å². The molecule has 1 amide bonds. The van der Waals surface area contributed by atoms with Gasteiger partial charge in [0.25, 0.3) is 5.91 Å². The van der Waals surface area contributed by atoms with Crippen LogP contribution in [0.2, 0.25) is 5.15 Å². The summed E-state index contributed by atoms with van der Waals surface area (Å²) in [6.45, 7) is 3.66. The number of halogens is 1. The van der Waals surface area contributed by atoms with Crippen molar-refractivity contribution in [2.45, 2.75) is 6.54 Å². The fraction of sp³-hybridized carbons (Fsp3) is 0.444. The molecular formula is C18H23ClN4O3. The molecule has 3 rings (SSSR count). The van der Waals surface area contributed by atoms with E-state index >= 15 is 0 Å². The van der Waals surface area contributed by atoms with Gasteiger partial charge in [-0.2, -0.15) is 0 Å². The quantitative estimate of drug-likeness (QED) is 0.797. The van der Waals surface area contributed by atoms with Gasteiger partial charge >= 0.3 is 0 Å². The number of carbonyl (C=O) groups excluding carboxylic acids is 1. The van der Waals surface area contributed by atoms with Crippen molar-refractivity contribution in [2.24, 2.45) is 7.05 Å². The highest BCUT2D eigenvalue weighted by Gasteiger charge is 2.24. The number of aromatic nitrogens is 2. The number of hydrogen-bond donors (Lipinski definition) is 0. The van der Waals surface area contributed by atoms with Gasteiger partial charge < -0.3 is 18.9 Å². The molecule has 0 bridgehead atoms. The van der Waals surface area contributed by atoms with Gasteiger partial charge in [-0.1, -0.05) is 11.6 Å². The lowest BCUT2D eigenvalue weighted by Gasteiger charge is -2.34. The fourth-order valence-electron chi connectivity index (χ4n) is 3.03. The predicted molar refractivity (Wildman–Crippen MR) is 98.9 cm³/mol. The zero-order valence-electron chi connectivity index (χ0n) is 15.2. The smallest absolute Gasteiger partial charge is 0.254 e. The molecule has 7 nitrogen and oxygen atoms in total. The summed E-state index contributed by atoms with van der Waals surface area (Å²) < 4.78 is 12.4. The Morgan fingerprint density at radius 1 is 1.15 bits per heavy atom. The summed E-state index contributed by atoms with van der Waals surface area (Å²) in [6, 6.07) is 5.25. The van der Waals surface area contributed by atoms with Crippen LogP contribution in [0.3, 0.4) is 0 Å². The molecule has 1 saturated heterocycles. The lowest BCUT2D eigenvalue weighted by atomic mass is 10.1. The van der Waals surface area contributed by atoms with Gasteiger partial charge in [0.2, 0.25) is 0 Å². The molecule has 26 heavy (non-hydrogen) atoms. The van der Waals surface area contributed by atoms with Crippen molar-refractivity contribution >= 4 is 17.5 Å². The van der Waals surface area contributed by atoms with Crippen LogP contribution >= 0.6 is 11.6 Å². The number of hydrogen-bond acceptors (Lipinski definition) is 5. The Morgan fingerprint density at radius 3 is 2.42 bits per heavy atom. The standard InChI is InChI=1S/C18H23ClN4O3/c1-21-16(19)11-20-17(21)12-22-6-8-23(9-7-22)18(24)13-4-5-14(25-2)15(10-13)26-3/h4-5,10-11H,6-9,12H2,1-3H3. The predicted octanol–water partition coefficient (Wildman–Crippen LogP) is 2.05. The Bertz CT molecular complexity index is 785. The number of methoxy groups -OCH3 is 2. The minimum absolute atomic E-state index is 0.00522. The van der Waals surface area contributed by atoms with E-state index in [0.717, 1.165) is 25.5 Å². The number of benzene rings is 1. The van der Waals surface area contributed by atoms with Crippen molar-refractivity contribution in [3.8, 4) is 11.5 Å². The second kappa shape index (κ2) is 7.97. The highest BCUT2D eigenvalue weighted by molar-refractivity contribution is 6.29. The minimum Gasteiger partial charge on any atom is -0.493 e. The number of amides is 1. The van der Waals surface area contributed by atoms with Crippen LogP contribution < -0.4 is 9.47 Å². The maximum Gasteiger partial charge on any atom is 0.254 e. The summed E-state index contributed by atoms with van der Waals surface area (Å²) in [6.07, 6.45) is 1.66. The second-order valence-electron chi connectivity index (χ2n) is 6.19. The van der Waals surface area contributed by atoms with E-state index in [1.165, 1.54) is 0 Å². The molecule has 8 heteroatoms. The number of nitrogens with zero attached hydrogens (tertiary/aromatic N) is 4. The van der Waals surface area contributed by atoms with Gasteiger partial charge in [-0.25, -0.2) is 4.98 Å². The van der Waals surface area contributed by atoms with Crippen molar-refractivity contribution in [3.05, 3.63) is 40.9 Å². The summed E-state index contributed by atoms with van der Waals surface area (Å²) in [5.74, 6) is 2.10. The third-order valence-corrected chi connectivity index (χ3v) is 5.03. The van der Waals surface area contributed by atoms with E-state index in [1.54, 1.807) is 38.6 Å². The average molecular weight is 379 g/mol. The van der Waals surface area contributed by atoms with Crippen molar-refractivity contribution in [2.75, 3.05) is 40.4 Å². The zero-order valence-corrected chi connectivity index (χ0v) is 16.0. The van der Waals surface area contributed by atoms with Gasteiger partial charge in [-0.15, -0.1) is 0 Å². The molecule has 1 aliphatic rings. The topological polar surface area (TPSA) is 59.8 Å². The maximum atomic E-state index is 12.8. The zero-order chi connectivity index (χ0) is 18.7. The lowest BCUT2D eigenvalue weighted by molar-refractivity contribution is 0.0624. The molecule has 1 aliphatic heterocycles. The number of piperazine rings is 1. The molecular weight excluding hydrogens is 356 g/mol. The first kappa shape index (κ1) is 18.5. The van der Waals surface area contributed by atoms with Crippen LogP contribution in [0.5, 0.6) is 11.5 Å². The number of ether oxygens (including phenoxy) is 2. The summed E-state index contributed by atoms with van der Waals surface area (Å²) in [7, 11) is 5.05. The van der Waals surface area contributed by atoms with Crippen molar-refractivity contribution in [1.82, 2.24) is 19.4 Å².